The minimum absolute atomic E-state index is 0.909. The molecule has 6 heteroatoms. The predicted octanol–water partition coefficient (Wildman–Crippen LogP) is 1.78. The van der Waals surface area contributed by atoms with Crippen LogP contribution in [0.3, 0.4) is 0 Å². The van der Waals surface area contributed by atoms with E-state index in [0.29, 0.717) is 0 Å². The van der Waals surface area contributed by atoms with Crippen LogP contribution in [0.25, 0.3) is 0 Å². The molecular formula is C5H3ClN4P-. The Bertz CT molecular complexity index is 305. The predicted molar refractivity (Wildman–Crippen MR) is 41.1 cm³/mol. The summed E-state index contributed by atoms with van der Waals surface area (Å²) in [5.74, 6) is 5.34. The topological polar surface area (TPSA) is 95.2 Å². The molecule has 0 saturated carbocycles. The number of nitriles is 4. The molecule has 0 aromatic carbocycles. The minimum atomic E-state index is -5.11. The summed E-state index contributed by atoms with van der Waals surface area (Å²) < 4.78 is 0. The van der Waals surface area contributed by atoms with Crippen molar-refractivity contribution in [3.05, 3.63) is 0 Å². The Morgan fingerprint density at radius 3 is 1.09 bits per heavy atom. The third-order valence-corrected chi connectivity index (χ3v) is 4.36. The van der Waals surface area contributed by atoms with Gasteiger partial charge >= 0.3 is 67.5 Å². The van der Waals surface area contributed by atoms with Crippen LogP contribution < -0.4 is 0 Å². The third-order valence-electron chi connectivity index (χ3n) is 1.15. The van der Waals surface area contributed by atoms with E-state index in [1.165, 1.54) is 23.2 Å². The van der Waals surface area contributed by atoms with Crippen molar-refractivity contribution in [3.63, 3.8) is 0 Å². The molecule has 0 radical (unpaired) electrons. The van der Waals surface area contributed by atoms with Gasteiger partial charge in [-0.05, 0) is 0 Å². The van der Waals surface area contributed by atoms with Crippen molar-refractivity contribution in [2.24, 2.45) is 0 Å². The number of hydrogen-bond acceptors (Lipinski definition) is 4. The summed E-state index contributed by atoms with van der Waals surface area (Å²) in [5.41, 5.74) is 0. The summed E-state index contributed by atoms with van der Waals surface area (Å²) in [6, 6.07) is 0. The molecule has 4 nitrogen and oxygen atoms in total. The van der Waals surface area contributed by atoms with Crippen molar-refractivity contribution < 1.29 is 0 Å². The van der Waals surface area contributed by atoms with E-state index in [1.807, 2.05) is 0 Å². The van der Waals surface area contributed by atoms with Crippen molar-refractivity contribution in [1.82, 2.24) is 0 Å². The first-order chi connectivity index (χ1) is 4.80. The van der Waals surface area contributed by atoms with E-state index in [4.69, 9.17) is 32.3 Å². The quantitative estimate of drug-likeness (QED) is 0.538. The SMILES string of the molecule is C[P-](Cl)(C#N)(C#N)(C#N)C#N. The fourth-order valence-corrected chi connectivity index (χ4v) is 0.402. The zero-order valence-electron chi connectivity index (χ0n) is 5.61. The van der Waals surface area contributed by atoms with Gasteiger partial charge in [0.05, 0.1) is 0 Å². The Hall–Kier alpha value is -1.32. The molecule has 0 aliphatic carbocycles. The maximum absolute atomic E-state index is 8.51. The van der Waals surface area contributed by atoms with E-state index in [2.05, 4.69) is 0 Å². The Morgan fingerprint density at radius 2 is 1.09 bits per heavy atom. The molecule has 11 heavy (non-hydrogen) atoms. The second-order valence-corrected chi connectivity index (χ2v) is 10.5. The monoisotopic (exact) mass is 185 g/mol. The van der Waals surface area contributed by atoms with Crippen LogP contribution in [-0.4, -0.2) is 6.66 Å². The first kappa shape index (κ1) is 9.68. The van der Waals surface area contributed by atoms with E-state index >= 15 is 0 Å². The van der Waals surface area contributed by atoms with Crippen LogP contribution in [0.15, 0.2) is 0 Å². The van der Waals surface area contributed by atoms with Crippen LogP contribution in [0.2, 0.25) is 0 Å². The number of hydrogen-bond donors (Lipinski definition) is 0. The number of halogens is 1. The van der Waals surface area contributed by atoms with Gasteiger partial charge in [-0.2, -0.15) is 0 Å². The molecule has 56 valence electrons. The van der Waals surface area contributed by atoms with Crippen molar-refractivity contribution >= 4 is 16.5 Å². The molecule has 0 N–H and O–H groups in total. The van der Waals surface area contributed by atoms with Crippen molar-refractivity contribution in [2.45, 2.75) is 0 Å². The number of rotatable bonds is 0. The van der Waals surface area contributed by atoms with Gasteiger partial charge in [0.2, 0.25) is 0 Å². The Morgan fingerprint density at radius 1 is 0.909 bits per heavy atom. The molecule has 0 bridgehead atoms. The van der Waals surface area contributed by atoms with Gasteiger partial charge in [0.15, 0.2) is 0 Å². The molecule has 0 aromatic rings. The molecule has 0 amide bonds. The van der Waals surface area contributed by atoms with Crippen LogP contribution in [0.5, 0.6) is 0 Å². The summed E-state index contributed by atoms with van der Waals surface area (Å²) in [6.45, 7) is 0.909. The van der Waals surface area contributed by atoms with E-state index in [0.717, 1.165) is 6.66 Å². The third kappa shape index (κ3) is 1.11. The summed E-state index contributed by atoms with van der Waals surface area (Å²) in [7, 11) is 0. The van der Waals surface area contributed by atoms with Gasteiger partial charge in [0.1, 0.15) is 0 Å². The van der Waals surface area contributed by atoms with Gasteiger partial charge in [-0.15, -0.1) is 0 Å². The van der Waals surface area contributed by atoms with Crippen molar-refractivity contribution in [2.75, 3.05) is 6.66 Å². The van der Waals surface area contributed by atoms with E-state index in [-0.39, 0.29) is 0 Å². The summed E-state index contributed by atoms with van der Waals surface area (Å²) in [4.78, 5) is 0. The molecule has 0 unspecified atom stereocenters. The summed E-state index contributed by atoms with van der Waals surface area (Å²) >= 11 is 5.48. The summed E-state index contributed by atoms with van der Waals surface area (Å²) in [5, 5.41) is 28.9. The van der Waals surface area contributed by atoms with Crippen molar-refractivity contribution in [3.8, 4) is 23.2 Å². The van der Waals surface area contributed by atoms with Crippen LogP contribution in [0.4, 0.5) is 0 Å². The molecular weight excluding hydrogens is 183 g/mol. The van der Waals surface area contributed by atoms with Crippen LogP contribution in [-0.2, 0) is 0 Å². The van der Waals surface area contributed by atoms with E-state index in [1.54, 1.807) is 0 Å². The van der Waals surface area contributed by atoms with Gasteiger partial charge in [-0.1, -0.05) is 0 Å². The van der Waals surface area contributed by atoms with Gasteiger partial charge < -0.3 is 0 Å². The molecule has 0 heterocycles. The van der Waals surface area contributed by atoms with Crippen LogP contribution in [0, 0.1) is 44.3 Å². The second kappa shape index (κ2) is 1.64. The van der Waals surface area contributed by atoms with Crippen LogP contribution in [0.1, 0.15) is 0 Å². The zero-order chi connectivity index (χ0) is 9.24. The Balaban J connectivity index is 6.12. The molecule has 0 aromatic heterocycles. The van der Waals surface area contributed by atoms with E-state index in [9.17, 15) is 0 Å². The number of nitrogens with zero attached hydrogens (tertiary/aromatic N) is 4. The van der Waals surface area contributed by atoms with Gasteiger partial charge in [-0.3, -0.25) is 0 Å². The second-order valence-electron chi connectivity index (χ2n) is 2.47. The fourth-order valence-electron chi connectivity index (χ4n) is 0.134. The Labute approximate surface area is 68.1 Å². The Kier molecular flexibility index (Phi) is 1.44. The molecule has 0 spiro atoms. The molecule has 0 fully saturated rings. The molecule has 0 atom stereocenters. The van der Waals surface area contributed by atoms with Crippen LogP contribution >= 0.6 is 16.5 Å². The van der Waals surface area contributed by atoms with Crippen molar-refractivity contribution in [1.29, 1.82) is 21.0 Å². The van der Waals surface area contributed by atoms with Gasteiger partial charge in [0, 0.05) is 0 Å². The molecule has 0 aliphatic heterocycles. The molecule has 0 aliphatic rings. The van der Waals surface area contributed by atoms with Gasteiger partial charge in [0.25, 0.3) is 0 Å². The van der Waals surface area contributed by atoms with Gasteiger partial charge in [-0.25, -0.2) is 0 Å². The zero-order valence-corrected chi connectivity index (χ0v) is 7.26. The summed E-state index contributed by atoms with van der Waals surface area (Å²) in [6.07, 6.45) is 0. The first-order valence-electron chi connectivity index (χ1n) is 2.41. The molecule has 0 rings (SSSR count). The maximum atomic E-state index is 8.51. The standard InChI is InChI=1S/C5H3ClN4P/c1-11(6,2-7,3-8,4-9)5-10/h1H3/q-1. The average molecular weight is 186 g/mol. The molecule has 0 saturated heterocycles. The first-order valence-corrected chi connectivity index (χ1v) is 6.44. The van der Waals surface area contributed by atoms with E-state index < -0.39 is 5.30 Å². The average Bonchev–Trinajstić information content (AvgIpc) is 2.07. The normalized spacial score (nSPS) is 15.5. The fraction of sp³-hybridized carbons (Fsp3) is 0.200.